The summed E-state index contributed by atoms with van der Waals surface area (Å²) in [6.07, 6.45) is 6.38. The Labute approximate surface area is 285 Å². The van der Waals surface area contributed by atoms with E-state index >= 15 is 0 Å². The molecule has 15 heteroatoms. The van der Waals surface area contributed by atoms with E-state index in [1.807, 2.05) is 32.1 Å². The maximum atomic E-state index is 14.3. The Morgan fingerprint density at radius 1 is 1.12 bits per heavy atom. The summed E-state index contributed by atoms with van der Waals surface area (Å²) in [4.78, 5) is 59.7. The van der Waals surface area contributed by atoms with Crippen molar-refractivity contribution in [2.24, 2.45) is 17.8 Å². The topological polar surface area (TPSA) is 193 Å². The van der Waals surface area contributed by atoms with Crippen LogP contribution in [0, 0.1) is 17.8 Å². The molecule has 2 saturated carbocycles. The molecule has 2 aliphatic carbocycles. The maximum Gasteiger partial charge on any atom is 0.405 e. The predicted octanol–water partition coefficient (Wildman–Crippen LogP) is 2.72. The highest BCUT2D eigenvalue weighted by Crippen LogP contribution is 2.46. The van der Waals surface area contributed by atoms with Crippen LogP contribution in [0.1, 0.15) is 58.8 Å². The van der Waals surface area contributed by atoms with E-state index in [1.165, 1.54) is 4.90 Å². The number of sulfonamides is 1. The number of carbonyl (C=O) groups excluding carboxylic acids is 3. The average molecular weight is 698 g/mol. The molecule has 14 nitrogen and oxygen atoms in total. The van der Waals surface area contributed by atoms with E-state index in [9.17, 15) is 32.7 Å². The van der Waals surface area contributed by atoms with Crippen LogP contribution in [0.3, 0.4) is 0 Å². The number of fused-ring (bicyclic) bond motifs is 3. The van der Waals surface area contributed by atoms with Crippen molar-refractivity contribution >= 4 is 44.6 Å². The van der Waals surface area contributed by atoms with E-state index in [2.05, 4.69) is 20.3 Å². The number of carbonyl (C=O) groups is 4. The first-order valence-electron chi connectivity index (χ1n) is 16.8. The average Bonchev–Trinajstić information content (AvgIpc) is 3.98. The number of hydrogen-bond acceptors (Lipinski definition) is 9. The van der Waals surface area contributed by atoms with Gasteiger partial charge >= 0.3 is 6.09 Å². The molecule has 4 N–H and O–H groups in total. The normalized spacial score (nSPS) is 30.6. The molecule has 7 atom stereocenters. The number of hydrogen-bond donors (Lipinski definition) is 4. The number of nitrogens with one attached hydrogen (secondary N) is 3. The Morgan fingerprint density at radius 2 is 1.90 bits per heavy atom. The van der Waals surface area contributed by atoms with Gasteiger partial charge in [-0.05, 0) is 80.0 Å². The molecule has 0 bridgehead atoms. The van der Waals surface area contributed by atoms with Gasteiger partial charge in [-0.2, -0.15) is 0 Å². The molecule has 6 rings (SSSR count). The lowest BCUT2D eigenvalue weighted by atomic mass is 9.88. The van der Waals surface area contributed by atoms with Crippen molar-refractivity contribution in [3.63, 3.8) is 0 Å². The molecular formula is C34H43N5O9S. The molecule has 49 heavy (non-hydrogen) atoms. The van der Waals surface area contributed by atoms with Gasteiger partial charge < -0.3 is 30.1 Å². The largest absolute Gasteiger partial charge is 0.497 e. The highest BCUT2D eigenvalue weighted by atomic mass is 32.2. The number of pyridine rings is 1. The smallest absolute Gasteiger partial charge is 0.405 e. The van der Waals surface area contributed by atoms with E-state index in [0.29, 0.717) is 36.8 Å². The molecule has 1 aromatic heterocycles. The molecule has 4 aliphatic rings. The molecule has 0 radical (unpaired) electrons. The van der Waals surface area contributed by atoms with Gasteiger partial charge in [0.15, 0.2) is 0 Å². The fourth-order valence-electron chi connectivity index (χ4n) is 7.14. The monoisotopic (exact) mass is 697 g/mol. The zero-order valence-electron chi connectivity index (χ0n) is 27.8. The van der Waals surface area contributed by atoms with Crippen LogP contribution in [0.2, 0.25) is 0 Å². The van der Waals surface area contributed by atoms with Crippen LogP contribution in [-0.4, -0.2) is 89.9 Å². The predicted molar refractivity (Wildman–Crippen MR) is 178 cm³/mol. The van der Waals surface area contributed by atoms with Gasteiger partial charge in [0.05, 0.1) is 18.9 Å². The Bertz CT molecular complexity index is 1780. The summed E-state index contributed by atoms with van der Waals surface area (Å²) < 4.78 is 39.4. The molecule has 3 fully saturated rings. The highest BCUT2D eigenvalue weighted by Gasteiger charge is 2.62. The van der Waals surface area contributed by atoms with Crippen molar-refractivity contribution in [2.45, 2.75) is 87.8 Å². The van der Waals surface area contributed by atoms with Crippen LogP contribution in [0.4, 0.5) is 4.79 Å². The summed E-state index contributed by atoms with van der Waals surface area (Å²) in [6, 6.07) is 4.92. The fourth-order valence-corrected chi connectivity index (χ4v) is 8.50. The SMILES string of the molecule is COc1ccc2c(O[C@@H]3C[C@H]4C(=O)N[C@]5(C(=O)NS(=O)(=O)C6CC6)C[C@H]5C=CCC[C@@H](C)C[C@@H](C)[C@H](NC(=O)O)C(=O)N4C3)nccc2c1. The maximum absolute atomic E-state index is 14.3. The molecule has 3 heterocycles. The van der Waals surface area contributed by atoms with Crippen molar-refractivity contribution in [1.29, 1.82) is 0 Å². The van der Waals surface area contributed by atoms with Crippen LogP contribution in [0.15, 0.2) is 42.6 Å². The zero-order chi connectivity index (χ0) is 35.1. The minimum Gasteiger partial charge on any atom is -0.497 e. The molecule has 2 aliphatic heterocycles. The summed E-state index contributed by atoms with van der Waals surface area (Å²) in [5, 5.41) is 15.8. The van der Waals surface area contributed by atoms with Crippen molar-refractivity contribution in [2.75, 3.05) is 13.7 Å². The Balaban J connectivity index is 1.33. The number of rotatable bonds is 7. The van der Waals surface area contributed by atoms with Crippen molar-refractivity contribution < 1.29 is 42.2 Å². The molecular weight excluding hydrogens is 654 g/mol. The van der Waals surface area contributed by atoms with Crippen LogP contribution >= 0.6 is 0 Å². The van der Waals surface area contributed by atoms with Gasteiger partial charge in [0, 0.05) is 23.9 Å². The van der Waals surface area contributed by atoms with Crippen molar-refractivity contribution in [3.05, 3.63) is 42.6 Å². The first-order valence-corrected chi connectivity index (χ1v) is 18.3. The molecule has 264 valence electrons. The Kier molecular flexibility index (Phi) is 9.48. The zero-order valence-corrected chi connectivity index (χ0v) is 28.6. The molecule has 0 unspecified atom stereocenters. The number of amides is 4. The second-order valence-electron chi connectivity index (χ2n) is 13.9. The van der Waals surface area contributed by atoms with E-state index in [-0.39, 0.29) is 31.2 Å². The van der Waals surface area contributed by atoms with Crippen LogP contribution in [0.5, 0.6) is 11.6 Å². The van der Waals surface area contributed by atoms with Gasteiger partial charge in [-0.1, -0.05) is 26.0 Å². The first-order chi connectivity index (χ1) is 23.3. The number of benzene rings is 1. The summed E-state index contributed by atoms with van der Waals surface area (Å²) in [5.41, 5.74) is -1.52. The highest BCUT2D eigenvalue weighted by molar-refractivity contribution is 7.91. The lowest BCUT2D eigenvalue weighted by Gasteiger charge is -2.32. The molecule has 2 aromatic rings. The second kappa shape index (κ2) is 13.5. The Hall–Kier alpha value is -4.40. The van der Waals surface area contributed by atoms with E-state index in [0.717, 1.165) is 11.8 Å². The van der Waals surface area contributed by atoms with Crippen molar-refractivity contribution in [3.8, 4) is 11.6 Å². The van der Waals surface area contributed by atoms with Gasteiger partial charge in [-0.15, -0.1) is 0 Å². The quantitative estimate of drug-likeness (QED) is 0.313. The number of methoxy groups -OCH3 is 1. The minimum atomic E-state index is -3.89. The van der Waals surface area contributed by atoms with Crippen LogP contribution < -0.4 is 24.8 Å². The first kappa shape index (κ1) is 34.5. The summed E-state index contributed by atoms with van der Waals surface area (Å²) >= 11 is 0. The molecule has 1 aromatic carbocycles. The van der Waals surface area contributed by atoms with E-state index in [1.54, 1.807) is 31.5 Å². The Morgan fingerprint density at radius 3 is 2.61 bits per heavy atom. The van der Waals surface area contributed by atoms with Crippen LogP contribution in [-0.2, 0) is 24.4 Å². The molecule has 1 saturated heterocycles. The van der Waals surface area contributed by atoms with Gasteiger partial charge in [0.25, 0.3) is 5.91 Å². The summed E-state index contributed by atoms with van der Waals surface area (Å²) in [7, 11) is -2.33. The third-order valence-corrected chi connectivity index (χ3v) is 11.9. The third-order valence-electron chi connectivity index (χ3n) is 10.1. The van der Waals surface area contributed by atoms with Gasteiger partial charge in [0.2, 0.25) is 27.7 Å². The van der Waals surface area contributed by atoms with Gasteiger partial charge in [-0.3, -0.25) is 19.1 Å². The number of aromatic nitrogens is 1. The minimum absolute atomic E-state index is 0.0228. The second-order valence-corrected chi connectivity index (χ2v) is 15.8. The van der Waals surface area contributed by atoms with E-state index in [4.69, 9.17) is 9.47 Å². The van der Waals surface area contributed by atoms with Crippen LogP contribution in [0.25, 0.3) is 10.8 Å². The van der Waals surface area contributed by atoms with Gasteiger partial charge in [-0.25, -0.2) is 18.2 Å². The number of nitrogens with zero attached hydrogens (tertiary/aromatic N) is 2. The lowest BCUT2D eigenvalue weighted by Crippen LogP contribution is -2.59. The van der Waals surface area contributed by atoms with E-state index < -0.39 is 74.7 Å². The number of allylic oxidation sites excluding steroid dienone is 1. The van der Waals surface area contributed by atoms with Gasteiger partial charge in [0.1, 0.15) is 29.5 Å². The fraction of sp³-hybridized carbons (Fsp3) is 0.559. The number of carboxylic acid groups (broad SMARTS) is 1. The van der Waals surface area contributed by atoms with Crippen molar-refractivity contribution in [1.82, 2.24) is 25.2 Å². The molecule has 0 spiro atoms. The summed E-state index contributed by atoms with van der Waals surface area (Å²) in [5.74, 6) is -1.82. The standard InChI is InChI=1S/C34H43N5O9S/c1-19-6-4-5-7-22-17-34(22,32(42)38-49(45,46)25-9-10-25)37-29(40)27-16-24(18-39(27)31(41)28(20(2)14-19)36-33(43)44)48-30-26-11-8-23(47-3)15-21(26)12-13-35-30/h5,7-8,11-13,15,19-20,22,24-25,27-28,36H,4,6,9-10,14,16-18H2,1-3H3,(H,37,40)(H,38,42)(H,43,44)/t19-,20-,22-,24-,27+,28+,34-/m1/s1. The summed E-state index contributed by atoms with van der Waals surface area (Å²) in [6.45, 7) is 3.79. The number of ether oxygens (including phenoxy) is 2. The molecule has 4 amide bonds. The third kappa shape index (κ3) is 7.31. The lowest BCUT2D eigenvalue weighted by molar-refractivity contribution is -0.142.